The van der Waals surface area contributed by atoms with Gasteiger partial charge in [-0.1, -0.05) is 103 Å². The van der Waals surface area contributed by atoms with E-state index in [0.717, 1.165) is 56.9 Å². The second-order valence-electron chi connectivity index (χ2n) is 9.39. The predicted molar refractivity (Wildman–Crippen MR) is 137 cm³/mol. The average Bonchev–Trinajstić information content (AvgIpc) is 2.85. The molecule has 2 rings (SSSR count). The van der Waals surface area contributed by atoms with Crippen LogP contribution in [0.5, 0.6) is 5.75 Å². The molecule has 0 aliphatic rings. The van der Waals surface area contributed by atoms with Crippen molar-refractivity contribution in [3.8, 4) is 16.9 Å². The number of rotatable bonds is 18. The Labute approximate surface area is 209 Å². The van der Waals surface area contributed by atoms with E-state index in [0.29, 0.717) is 6.61 Å². The number of carboxylic acid groups (broad SMARTS) is 1. The molecule has 2 aromatic rings. The van der Waals surface area contributed by atoms with Gasteiger partial charge in [-0.25, -0.2) is 4.39 Å². The number of hydrogen-bond donors (Lipinski definition) is 0. The van der Waals surface area contributed by atoms with Crippen molar-refractivity contribution < 1.29 is 23.4 Å². The maximum atomic E-state index is 15.0. The summed E-state index contributed by atoms with van der Waals surface area (Å²) in [4.78, 5) is 11.7. The number of carbonyl (C=O) groups is 1. The third kappa shape index (κ3) is 9.62. The molecule has 0 atom stereocenters. The van der Waals surface area contributed by atoms with Crippen LogP contribution >= 0.6 is 0 Å². The molecular weight excluding hydrogens is 446 g/mol. The molecular formula is C30H41F2O3-. The number of benzene rings is 2. The van der Waals surface area contributed by atoms with Crippen LogP contribution in [0.25, 0.3) is 11.1 Å². The molecule has 0 amide bonds. The summed E-state index contributed by atoms with van der Waals surface area (Å²) >= 11 is 0. The van der Waals surface area contributed by atoms with Gasteiger partial charge in [-0.05, 0) is 42.5 Å². The van der Waals surface area contributed by atoms with E-state index >= 15 is 4.39 Å². The molecule has 0 fully saturated rings. The lowest BCUT2D eigenvalue weighted by Crippen LogP contribution is -2.23. The Morgan fingerprint density at radius 3 is 1.97 bits per heavy atom. The fraction of sp³-hybridized carbons (Fsp3) is 0.567. The van der Waals surface area contributed by atoms with E-state index in [-0.39, 0.29) is 22.4 Å². The monoisotopic (exact) mass is 487 g/mol. The first kappa shape index (κ1) is 28.8. The highest BCUT2D eigenvalue weighted by Gasteiger charge is 2.19. The molecule has 0 N–H and O–H groups in total. The van der Waals surface area contributed by atoms with Gasteiger partial charge in [0.25, 0.3) is 0 Å². The molecule has 0 heterocycles. The maximum Gasteiger partial charge on any atom is 0.201 e. The van der Waals surface area contributed by atoms with Gasteiger partial charge in [-0.2, -0.15) is 4.39 Å². The SMILES string of the molecule is CCCCCCCCCCc1ccc(C(=O)[O-])c(-c2ccc(OCCCCCCC)c(F)c2F)c1. The maximum absolute atomic E-state index is 15.0. The van der Waals surface area contributed by atoms with Crippen molar-refractivity contribution in [1.82, 2.24) is 0 Å². The number of ether oxygens (including phenoxy) is 1. The Bertz CT molecular complexity index is 911. The van der Waals surface area contributed by atoms with Crippen LogP contribution in [0.2, 0.25) is 0 Å². The van der Waals surface area contributed by atoms with Gasteiger partial charge >= 0.3 is 0 Å². The standard InChI is InChI=1S/C30H42F2O3/c1-3-5-7-9-10-11-12-14-16-23-17-18-25(30(33)34)26(22-23)24-19-20-27(29(32)28(24)31)35-21-15-13-8-6-4-2/h17-20,22H,3-16,21H2,1-2H3,(H,33,34)/p-1. The van der Waals surface area contributed by atoms with Gasteiger partial charge in [0.15, 0.2) is 11.6 Å². The number of hydrogen-bond acceptors (Lipinski definition) is 3. The number of unbranched alkanes of at least 4 members (excludes halogenated alkanes) is 11. The lowest BCUT2D eigenvalue weighted by molar-refractivity contribution is -0.254. The lowest BCUT2D eigenvalue weighted by atomic mass is 9.94. The van der Waals surface area contributed by atoms with E-state index in [4.69, 9.17) is 4.74 Å². The van der Waals surface area contributed by atoms with E-state index in [1.54, 1.807) is 12.1 Å². The molecule has 35 heavy (non-hydrogen) atoms. The molecule has 0 aliphatic carbocycles. The number of aryl methyl sites for hydroxylation is 1. The van der Waals surface area contributed by atoms with E-state index in [9.17, 15) is 14.3 Å². The summed E-state index contributed by atoms with van der Waals surface area (Å²) in [5.41, 5.74) is 0.815. The smallest absolute Gasteiger partial charge is 0.201 e. The normalized spacial score (nSPS) is 11.1. The molecule has 0 bridgehead atoms. The van der Waals surface area contributed by atoms with Crippen molar-refractivity contribution in [2.24, 2.45) is 0 Å². The highest BCUT2D eigenvalue weighted by molar-refractivity contribution is 5.95. The minimum absolute atomic E-state index is 0.0882. The molecule has 0 saturated heterocycles. The van der Waals surface area contributed by atoms with Crippen LogP contribution in [0, 0.1) is 11.6 Å². The summed E-state index contributed by atoms with van der Waals surface area (Å²) in [5, 5.41) is 11.7. The van der Waals surface area contributed by atoms with Crippen LogP contribution in [-0.2, 0) is 6.42 Å². The second kappa shape index (κ2) is 16.3. The van der Waals surface area contributed by atoms with Gasteiger partial charge in [0.05, 0.1) is 12.6 Å². The molecule has 0 aliphatic heterocycles. The van der Waals surface area contributed by atoms with Gasteiger partial charge in [0, 0.05) is 11.1 Å². The Morgan fingerprint density at radius 1 is 0.743 bits per heavy atom. The average molecular weight is 488 g/mol. The van der Waals surface area contributed by atoms with Crippen molar-refractivity contribution in [2.75, 3.05) is 6.61 Å². The van der Waals surface area contributed by atoms with Crippen LogP contribution in [-0.4, -0.2) is 12.6 Å². The van der Waals surface area contributed by atoms with E-state index in [2.05, 4.69) is 13.8 Å². The van der Waals surface area contributed by atoms with Crippen LogP contribution in [0.4, 0.5) is 8.78 Å². The Kier molecular flexibility index (Phi) is 13.4. The first-order valence-electron chi connectivity index (χ1n) is 13.4. The van der Waals surface area contributed by atoms with Crippen LogP contribution < -0.4 is 9.84 Å². The molecule has 194 valence electrons. The molecule has 0 unspecified atom stereocenters. The second-order valence-corrected chi connectivity index (χ2v) is 9.39. The molecule has 0 aromatic heterocycles. The van der Waals surface area contributed by atoms with Gasteiger partial charge in [0.2, 0.25) is 5.82 Å². The third-order valence-electron chi connectivity index (χ3n) is 6.47. The molecule has 0 saturated carbocycles. The summed E-state index contributed by atoms with van der Waals surface area (Å²) in [6.45, 7) is 4.66. The molecule has 0 spiro atoms. The molecule has 3 nitrogen and oxygen atoms in total. The Morgan fingerprint density at radius 2 is 1.34 bits per heavy atom. The topological polar surface area (TPSA) is 49.4 Å². The first-order chi connectivity index (χ1) is 17.0. The summed E-state index contributed by atoms with van der Waals surface area (Å²) in [5.74, 6) is -3.74. The van der Waals surface area contributed by atoms with Crippen LogP contribution in [0.1, 0.15) is 113 Å². The largest absolute Gasteiger partial charge is 0.545 e. The highest BCUT2D eigenvalue weighted by atomic mass is 19.2. The van der Waals surface area contributed by atoms with Gasteiger partial charge in [0.1, 0.15) is 0 Å². The molecule has 5 heteroatoms. The zero-order valence-corrected chi connectivity index (χ0v) is 21.5. The number of halogens is 2. The van der Waals surface area contributed by atoms with E-state index in [1.807, 2.05) is 0 Å². The predicted octanol–water partition coefficient (Wildman–Crippen LogP) is 8.03. The molecule has 0 radical (unpaired) electrons. The first-order valence-corrected chi connectivity index (χ1v) is 13.4. The third-order valence-corrected chi connectivity index (χ3v) is 6.47. The summed E-state index contributed by atoms with van der Waals surface area (Å²) < 4.78 is 35.2. The minimum Gasteiger partial charge on any atom is -0.545 e. The zero-order chi connectivity index (χ0) is 25.5. The highest BCUT2D eigenvalue weighted by Crippen LogP contribution is 2.33. The fourth-order valence-corrected chi connectivity index (χ4v) is 4.35. The summed E-state index contributed by atoms with van der Waals surface area (Å²) in [6.07, 6.45) is 15.5. The van der Waals surface area contributed by atoms with Crippen molar-refractivity contribution in [1.29, 1.82) is 0 Å². The fourth-order valence-electron chi connectivity index (χ4n) is 4.35. The van der Waals surface area contributed by atoms with Gasteiger partial charge in [-0.15, -0.1) is 0 Å². The molecule has 2 aromatic carbocycles. The number of carboxylic acids is 1. The van der Waals surface area contributed by atoms with Crippen LogP contribution in [0.15, 0.2) is 30.3 Å². The van der Waals surface area contributed by atoms with E-state index in [1.165, 1.54) is 56.7 Å². The summed E-state index contributed by atoms with van der Waals surface area (Å²) in [6, 6.07) is 7.60. The van der Waals surface area contributed by atoms with Crippen LogP contribution in [0.3, 0.4) is 0 Å². The van der Waals surface area contributed by atoms with E-state index < -0.39 is 17.6 Å². The van der Waals surface area contributed by atoms with Gasteiger partial charge in [-0.3, -0.25) is 0 Å². The number of aromatic carboxylic acids is 1. The van der Waals surface area contributed by atoms with Crippen molar-refractivity contribution in [2.45, 2.75) is 104 Å². The van der Waals surface area contributed by atoms with Crippen molar-refractivity contribution >= 4 is 5.97 Å². The Hall–Kier alpha value is -2.43. The van der Waals surface area contributed by atoms with Gasteiger partial charge < -0.3 is 14.6 Å². The van der Waals surface area contributed by atoms with Crippen molar-refractivity contribution in [3.05, 3.63) is 53.1 Å². The van der Waals surface area contributed by atoms with Crippen molar-refractivity contribution in [3.63, 3.8) is 0 Å². The zero-order valence-electron chi connectivity index (χ0n) is 21.5. The number of carbonyl (C=O) groups excluding carboxylic acids is 1. The quantitative estimate of drug-likeness (QED) is 0.200. The minimum atomic E-state index is -1.41. The lowest BCUT2D eigenvalue weighted by Gasteiger charge is -2.15. The summed E-state index contributed by atoms with van der Waals surface area (Å²) in [7, 11) is 0. The Balaban J connectivity index is 2.04.